The van der Waals surface area contributed by atoms with E-state index in [0.717, 1.165) is 38.4 Å². The Balaban J connectivity index is 1.78. The molecule has 3 nitrogen and oxygen atoms in total. The highest BCUT2D eigenvalue weighted by Gasteiger charge is 2.17. The van der Waals surface area contributed by atoms with E-state index >= 15 is 0 Å². The molecule has 2 unspecified atom stereocenters. The van der Waals surface area contributed by atoms with E-state index in [4.69, 9.17) is 9.47 Å². The zero-order chi connectivity index (χ0) is 12.8. The number of hydrogen-bond donors (Lipinski definition) is 1. The molecule has 0 aromatic heterocycles. The lowest BCUT2D eigenvalue weighted by Gasteiger charge is -2.29. The van der Waals surface area contributed by atoms with E-state index in [-0.39, 0.29) is 0 Å². The fraction of sp³-hybridized carbons (Fsp3) is 0.600. The molecule has 1 N–H and O–H groups in total. The summed E-state index contributed by atoms with van der Waals surface area (Å²) in [5, 5.41) is 3.57. The van der Waals surface area contributed by atoms with Gasteiger partial charge in [0.15, 0.2) is 0 Å². The van der Waals surface area contributed by atoms with Crippen molar-refractivity contribution in [2.24, 2.45) is 0 Å². The summed E-state index contributed by atoms with van der Waals surface area (Å²) < 4.78 is 11.0. The molecule has 18 heavy (non-hydrogen) atoms. The molecule has 2 rings (SSSR count). The van der Waals surface area contributed by atoms with E-state index in [2.05, 4.69) is 24.4 Å². The van der Waals surface area contributed by atoms with Gasteiger partial charge in [-0.25, -0.2) is 0 Å². The van der Waals surface area contributed by atoms with Gasteiger partial charge in [0.05, 0.1) is 19.8 Å². The average Bonchev–Trinajstić information content (AvgIpc) is 2.38. The Bertz CT molecular complexity index is 350. The van der Waals surface area contributed by atoms with Gasteiger partial charge in [-0.3, -0.25) is 0 Å². The molecule has 1 fully saturated rings. The van der Waals surface area contributed by atoms with Crippen LogP contribution in [-0.4, -0.2) is 31.9 Å². The molecule has 100 valence electrons. The lowest BCUT2D eigenvalue weighted by molar-refractivity contribution is 0.0483. The molecule has 0 aliphatic carbocycles. The Labute approximate surface area is 109 Å². The van der Waals surface area contributed by atoms with Gasteiger partial charge in [0.1, 0.15) is 5.75 Å². The van der Waals surface area contributed by atoms with Crippen LogP contribution >= 0.6 is 0 Å². The Kier molecular flexibility index (Phi) is 5.02. The van der Waals surface area contributed by atoms with Crippen LogP contribution in [0.2, 0.25) is 0 Å². The summed E-state index contributed by atoms with van der Waals surface area (Å²) in [7, 11) is 0. The van der Waals surface area contributed by atoms with Crippen molar-refractivity contribution in [3.8, 4) is 5.75 Å². The predicted molar refractivity (Wildman–Crippen MR) is 73.1 cm³/mol. The fourth-order valence-corrected chi connectivity index (χ4v) is 2.31. The third-order valence-electron chi connectivity index (χ3n) is 3.22. The van der Waals surface area contributed by atoms with Crippen molar-refractivity contribution in [3.05, 3.63) is 29.8 Å². The molecule has 3 heteroatoms. The minimum atomic E-state index is 0.476. The smallest absolute Gasteiger partial charge is 0.119 e. The standard InChI is InChI=1S/C15H23NO2/c1-3-18-15-8-5-13(6-9-15)4-7-14-11-17-10-12(2)16-14/h5-6,8-9,12,14,16H,3-4,7,10-11H2,1-2H3. The first-order valence-electron chi connectivity index (χ1n) is 6.83. The molecular formula is C15H23NO2. The highest BCUT2D eigenvalue weighted by Crippen LogP contribution is 2.14. The lowest BCUT2D eigenvalue weighted by atomic mass is 10.0. The molecule has 0 bridgehead atoms. The maximum absolute atomic E-state index is 5.55. The van der Waals surface area contributed by atoms with Crippen molar-refractivity contribution in [1.29, 1.82) is 0 Å². The summed E-state index contributed by atoms with van der Waals surface area (Å²) in [6.07, 6.45) is 2.21. The maximum atomic E-state index is 5.55. The van der Waals surface area contributed by atoms with Crippen LogP contribution in [0.5, 0.6) is 5.75 Å². The van der Waals surface area contributed by atoms with Crippen molar-refractivity contribution in [2.75, 3.05) is 19.8 Å². The lowest BCUT2D eigenvalue weighted by Crippen LogP contribution is -2.47. The number of rotatable bonds is 5. The van der Waals surface area contributed by atoms with Crippen LogP contribution in [0.3, 0.4) is 0 Å². The third-order valence-corrected chi connectivity index (χ3v) is 3.22. The molecule has 1 aromatic rings. The molecule has 0 amide bonds. The summed E-state index contributed by atoms with van der Waals surface area (Å²) in [5.41, 5.74) is 1.36. The first kappa shape index (κ1) is 13.4. The molecule has 1 aliphatic heterocycles. The van der Waals surface area contributed by atoms with E-state index in [1.54, 1.807) is 0 Å². The number of nitrogens with one attached hydrogen (secondary N) is 1. The van der Waals surface area contributed by atoms with Crippen molar-refractivity contribution >= 4 is 0 Å². The summed E-state index contributed by atoms with van der Waals surface area (Å²) in [4.78, 5) is 0. The zero-order valence-corrected chi connectivity index (χ0v) is 11.3. The maximum Gasteiger partial charge on any atom is 0.119 e. The summed E-state index contributed by atoms with van der Waals surface area (Å²) in [5.74, 6) is 0.953. The molecule has 1 aliphatic rings. The van der Waals surface area contributed by atoms with Gasteiger partial charge in [0.25, 0.3) is 0 Å². The van der Waals surface area contributed by atoms with Crippen LogP contribution < -0.4 is 10.1 Å². The molecule has 1 saturated heterocycles. The SMILES string of the molecule is CCOc1ccc(CCC2COCC(C)N2)cc1. The molecular weight excluding hydrogens is 226 g/mol. The van der Waals surface area contributed by atoms with E-state index in [1.165, 1.54) is 5.56 Å². The zero-order valence-electron chi connectivity index (χ0n) is 11.3. The van der Waals surface area contributed by atoms with E-state index in [9.17, 15) is 0 Å². The van der Waals surface area contributed by atoms with Gasteiger partial charge in [-0.15, -0.1) is 0 Å². The van der Waals surface area contributed by atoms with E-state index < -0.39 is 0 Å². The number of morpholine rings is 1. The minimum absolute atomic E-state index is 0.476. The Morgan fingerprint density at radius 2 is 2.06 bits per heavy atom. The molecule has 0 spiro atoms. The number of aryl methyl sites for hydroxylation is 1. The Hall–Kier alpha value is -1.06. The molecule has 1 aromatic carbocycles. The van der Waals surface area contributed by atoms with Crippen molar-refractivity contribution in [1.82, 2.24) is 5.32 Å². The van der Waals surface area contributed by atoms with Crippen LogP contribution in [0.1, 0.15) is 25.8 Å². The highest BCUT2D eigenvalue weighted by molar-refractivity contribution is 5.27. The number of benzene rings is 1. The molecule has 0 saturated carbocycles. The van der Waals surface area contributed by atoms with Crippen LogP contribution in [0.25, 0.3) is 0 Å². The number of hydrogen-bond acceptors (Lipinski definition) is 3. The Morgan fingerprint density at radius 3 is 2.72 bits per heavy atom. The van der Waals surface area contributed by atoms with Crippen LogP contribution in [0.4, 0.5) is 0 Å². The molecule has 2 atom stereocenters. The summed E-state index contributed by atoms with van der Waals surface area (Å²) in [6.45, 7) is 6.56. The second kappa shape index (κ2) is 6.76. The molecule has 1 heterocycles. The quantitative estimate of drug-likeness (QED) is 0.869. The first-order chi connectivity index (χ1) is 8.78. The molecule has 0 radical (unpaired) electrons. The topological polar surface area (TPSA) is 30.5 Å². The largest absolute Gasteiger partial charge is 0.494 e. The predicted octanol–water partition coefficient (Wildman–Crippen LogP) is 2.39. The summed E-state index contributed by atoms with van der Waals surface area (Å²) in [6, 6.07) is 9.36. The van der Waals surface area contributed by atoms with Gasteiger partial charge in [-0.1, -0.05) is 12.1 Å². The van der Waals surface area contributed by atoms with Crippen molar-refractivity contribution < 1.29 is 9.47 Å². The van der Waals surface area contributed by atoms with Gasteiger partial charge >= 0.3 is 0 Å². The van der Waals surface area contributed by atoms with Crippen LogP contribution in [0, 0.1) is 0 Å². The average molecular weight is 249 g/mol. The van der Waals surface area contributed by atoms with E-state index in [1.807, 2.05) is 19.1 Å². The summed E-state index contributed by atoms with van der Waals surface area (Å²) >= 11 is 0. The van der Waals surface area contributed by atoms with Gasteiger partial charge in [0.2, 0.25) is 0 Å². The minimum Gasteiger partial charge on any atom is -0.494 e. The second-order valence-corrected chi connectivity index (χ2v) is 4.92. The Morgan fingerprint density at radius 1 is 1.28 bits per heavy atom. The van der Waals surface area contributed by atoms with Gasteiger partial charge in [0, 0.05) is 12.1 Å². The van der Waals surface area contributed by atoms with Crippen LogP contribution in [0.15, 0.2) is 24.3 Å². The second-order valence-electron chi connectivity index (χ2n) is 4.92. The highest BCUT2D eigenvalue weighted by atomic mass is 16.5. The number of ether oxygens (including phenoxy) is 2. The van der Waals surface area contributed by atoms with Gasteiger partial charge in [-0.05, 0) is 44.4 Å². The van der Waals surface area contributed by atoms with Crippen molar-refractivity contribution in [2.45, 2.75) is 38.8 Å². The third kappa shape index (κ3) is 4.00. The van der Waals surface area contributed by atoms with Gasteiger partial charge in [-0.2, -0.15) is 0 Å². The normalized spacial score (nSPS) is 23.9. The van der Waals surface area contributed by atoms with E-state index in [0.29, 0.717) is 12.1 Å². The van der Waals surface area contributed by atoms with Crippen LogP contribution in [-0.2, 0) is 11.2 Å². The monoisotopic (exact) mass is 249 g/mol. The van der Waals surface area contributed by atoms with Crippen molar-refractivity contribution in [3.63, 3.8) is 0 Å². The van der Waals surface area contributed by atoms with Gasteiger partial charge < -0.3 is 14.8 Å². The fourth-order valence-electron chi connectivity index (χ4n) is 2.31. The first-order valence-corrected chi connectivity index (χ1v) is 6.83.